The van der Waals surface area contributed by atoms with Crippen LogP contribution >= 0.6 is 0 Å². The largest absolute Gasteiger partial charge is 0.434 e. The van der Waals surface area contributed by atoms with Crippen LogP contribution in [0, 0.1) is 0 Å². The van der Waals surface area contributed by atoms with E-state index in [1.54, 1.807) is 0 Å². The third kappa shape index (κ3) is 6.44. The Morgan fingerprint density at radius 2 is 1.76 bits per heavy atom. The zero-order chi connectivity index (χ0) is 21.6. The van der Waals surface area contributed by atoms with Crippen molar-refractivity contribution in [3.8, 4) is 5.75 Å². The summed E-state index contributed by atoms with van der Waals surface area (Å²) in [5.41, 5.74) is -0.804. The third-order valence-electron chi connectivity index (χ3n) is 3.85. The molecule has 0 saturated carbocycles. The number of nitrogens with one attached hydrogen (secondary N) is 2. The van der Waals surface area contributed by atoms with Gasteiger partial charge in [-0.2, -0.15) is 22.0 Å². The molecule has 0 saturated heterocycles. The lowest BCUT2D eigenvalue weighted by atomic mass is 10.0. The van der Waals surface area contributed by atoms with Gasteiger partial charge in [0.05, 0.1) is 23.7 Å². The molecule has 0 aliphatic heterocycles. The number of rotatable bonds is 7. The van der Waals surface area contributed by atoms with E-state index >= 15 is 0 Å². The molecule has 29 heavy (non-hydrogen) atoms. The number of para-hydroxylation sites is 1. The van der Waals surface area contributed by atoms with Crippen LogP contribution in [0.1, 0.15) is 34.5 Å². The Labute approximate surface area is 162 Å². The van der Waals surface area contributed by atoms with Gasteiger partial charge in [0.2, 0.25) is 5.91 Å². The fraction of sp³-hybridized carbons (Fsp3) is 0.263. The molecule has 2 aromatic rings. The van der Waals surface area contributed by atoms with E-state index in [1.807, 2.05) is 0 Å². The monoisotopic (exact) mass is 416 g/mol. The molecule has 156 valence electrons. The van der Waals surface area contributed by atoms with Crippen LogP contribution in [-0.2, 0) is 11.0 Å². The van der Waals surface area contributed by atoms with Crippen molar-refractivity contribution in [2.24, 2.45) is 0 Å². The minimum atomic E-state index is -4.51. The Balaban J connectivity index is 1.96. The molecular formula is C19H17F5N2O3. The Kier molecular flexibility index (Phi) is 7.13. The van der Waals surface area contributed by atoms with E-state index in [4.69, 9.17) is 0 Å². The first-order valence-corrected chi connectivity index (χ1v) is 8.36. The molecule has 0 aromatic heterocycles. The molecule has 5 nitrogen and oxygen atoms in total. The summed E-state index contributed by atoms with van der Waals surface area (Å²) >= 11 is 0. The van der Waals surface area contributed by atoms with Crippen molar-refractivity contribution in [1.82, 2.24) is 10.6 Å². The second-order valence-electron chi connectivity index (χ2n) is 5.97. The first-order chi connectivity index (χ1) is 13.6. The fourth-order valence-electron chi connectivity index (χ4n) is 2.47. The molecule has 0 heterocycles. The van der Waals surface area contributed by atoms with E-state index < -0.39 is 42.8 Å². The SMILES string of the molecule is CC(NC(=O)CNC(=O)c1ccccc1OC(F)F)c1cccc(C(F)(F)F)c1. The Hall–Kier alpha value is -3.17. The van der Waals surface area contributed by atoms with Crippen LogP contribution in [0.3, 0.4) is 0 Å². The summed E-state index contributed by atoms with van der Waals surface area (Å²) in [6.07, 6.45) is -4.51. The lowest BCUT2D eigenvalue weighted by molar-refractivity contribution is -0.137. The predicted octanol–water partition coefficient (Wildman–Crippen LogP) is 3.91. The number of carbonyl (C=O) groups is 2. The van der Waals surface area contributed by atoms with Crippen LogP contribution in [0.5, 0.6) is 5.75 Å². The minimum Gasteiger partial charge on any atom is -0.434 e. The molecule has 2 rings (SSSR count). The molecule has 2 aromatic carbocycles. The van der Waals surface area contributed by atoms with Gasteiger partial charge in [0.1, 0.15) is 5.75 Å². The number of ether oxygens (including phenoxy) is 1. The van der Waals surface area contributed by atoms with Crippen LogP contribution in [0.4, 0.5) is 22.0 Å². The molecule has 0 bridgehead atoms. The summed E-state index contributed by atoms with van der Waals surface area (Å²) in [6, 6.07) is 8.99. The molecule has 2 amide bonds. The fourth-order valence-corrected chi connectivity index (χ4v) is 2.47. The highest BCUT2D eigenvalue weighted by atomic mass is 19.4. The number of carbonyl (C=O) groups excluding carboxylic acids is 2. The highest BCUT2D eigenvalue weighted by Gasteiger charge is 2.30. The lowest BCUT2D eigenvalue weighted by Crippen LogP contribution is -2.38. The van der Waals surface area contributed by atoms with Gasteiger partial charge < -0.3 is 15.4 Å². The quantitative estimate of drug-likeness (QED) is 0.673. The van der Waals surface area contributed by atoms with Gasteiger partial charge >= 0.3 is 12.8 Å². The van der Waals surface area contributed by atoms with Crippen LogP contribution in [-0.4, -0.2) is 25.0 Å². The molecule has 1 unspecified atom stereocenters. The van der Waals surface area contributed by atoms with Gasteiger partial charge in [0.15, 0.2) is 0 Å². The molecule has 0 aliphatic carbocycles. The third-order valence-corrected chi connectivity index (χ3v) is 3.85. The van der Waals surface area contributed by atoms with E-state index in [-0.39, 0.29) is 16.9 Å². The zero-order valence-electron chi connectivity index (χ0n) is 15.1. The highest BCUT2D eigenvalue weighted by Crippen LogP contribution is 2.30. The Morgan fingerprint density at radius 1 is 1.07 bits per heavy atom. The van der Waals surface area contributed by atoms with Crippen molar-refractivity contribution in [2.45, 2.75) is 25.8 Å². The van der Waals surface area contributed by atoms with Gasteiger partial charge in [0, 0.05) is 0 Å². The molecule has 1 atom stereocenters. The first kappa shape index (κ1) is 22.1. The van der Waals surface area contributed by atoms with Crippen LogP contribution in [0.2, 0.25) is 0 Å². The van der Waals surface area contributed by atoms with Crippen molar-refractivity contribution in [2.75, 3.05) is 6.54 Å². The van der Waals surface area contributed by atoms with Crippen LogP contribution in [0.25, 0.3) is 0 Å². The molecule has 2 N–H and O–H groups in total. The van der Waals surface area contributed by atoms with Crippen molar-refractivity contribution >= 4 is 11.8 Å². The molecule has 0 radical (unpaired) electrons. The van der Waals surface area contributed by atoms with E-state index in [2.05, 4.69) is 15.4 Å². The normalized spacial score (nSPS) is 12.4. The van der Waals surface area contributed by atoms with Gasteiger partial charge in [-0.3, -0.25) is 9.59 Å². The molecular weight excluding hydrogens is 399 g/mol. The Bertz CT molecular complexity index is 871. The topological polar surface area (TPSA) is 67.4 Å². The predicted molar refractivity (Wildman–Crippen MR) is 93.4 cm³/mol. The summed E-state index contributed by atoms with van der Waals surface area (Å²) in [5, 5.41) is 4.71. The van der Waals surface area contributed by atoms with Crippen molar-refractivity contribution in [3.63, 3.8) is 0 Å². The summed E-state index contributed by atoms with van der Waals surface area (Å²) in [5.74, 6) is -1.84. The van der Waals surface area contributed by atoms with Crippen molar-refractivity contribution in [3.05, 3.63) is 65.2 Å². The number of alkyl halides is 5. The molecule has 0 spiro atoms. The molecule has 10 heteroatoms. The van der Waals surface area contributed by atoms with E-state index in [0.717, 1.165) is 12.1 Å². The van der Waals surface area contributed by atoms with Crippen molar-refractivity contribution < 1.29 is 36.3 Å². The number of hydrogen-bond donors (Lipinski definition) is 2. The van der Waals surface area contributed by atoms with E-state index in [9.17, 15) is 31.5 Å². The van der Waals surface area contributed by atoms with Gasteiger partial charge in [0.25, 0.3) is 5.91 Å². The van der Waals surface area contributed by atoms with Crippen LogP contribution in [0.15, 0.2) is 48.5 Å². The lowest BCUT2D eigenvalue weighted by Gasteiger charge is -2.17. The minimum absolute atomic E-state index is 0.188. The summed E-state index contributed by atoms with van der Waals surface area (Å²) in [4.78, 5) is 24.1. The van der Waals surface area contributed by atoms with Gasteiger partial charge in [-0.05, 0) is 36.8 Å². The van der Waals surface area contributed by atoms with Crippen LogP contribution < -0.4 is 15.4 Å². The Morgan fingerprint density at radius 3 is 2.41 bits per heavy atom. The van der Waals surface area contributed by atoms with E-state index in [0.29, 0.717) is 0 Å². The number of amides is 2. The maximum absolute atomic E-state index is 12.8. The zero-order valence-corrected chi connectivity index (χ0v) is 15.1. The summed E-state index contributed by atoms with van der Waals surface area (Å²) in [7, 11) is 0. The average molecular weight is 416 g/mol. The van der Waals surface area contributed by atoms with Gasteiger partial charge in [-0.15, -0.1) is 0 Å². The maximum Gasteiger partial charge on any atom is 0.416 e. The van der Waals surface area contributed by atoms with Crippen molar-refractivity contribution in [1.29, 1.82) is 0 Å². The number of hydrogen-bond acceptors (Lipinski definition) is 3. The standard InChI is InChI=1S/C19H17F5N2O3/c1-11(12-5-4-6-13(9-12)19(22,23)24)26-16(27)10-25-17(28)14-7-2-3-8-15(14)29-18(20)21/h2-9,11,18H,10H2,1H3,(H,25,28)(H,26,27). The summed E-state index contributed by atoms with van der Waals surface area (Å²) in [6.45, 7) is -2.15. The van der Waals surface area contributed by atoms with E-state index in [1.165, 1.54) is 43.3 Å². The number of halogens is 5. The second kappa shape index (κ2) is 9.35. The first-order valence-electron chi connectivity index (χ1n) is 8.36. The molecule has 0 aliphatic rings. The summed E-state index contributed by atoms with van der Waals surface area (Å²) < 4.78 is 67.4. The smallest absolute Gasteiger partial charge is 0.416 e. The average Bonchev–Trinajstić information content (AvgIpc) is 2.65. The molecule has 0 fully saturated rings. The second-order valence-corrected chi connectivity index (χ2v) is 5.97. The highest BCUT2D eigenvalue weighted by molar-refractivity contribution is 5.98. The van der Waals surface area contributed by atoms with Gasteiger partial charge in [-0.1, -0.05) is 24.3 Å². The maximum atomic E-state index is 12.8. The van der Waals surface area contributed by atoms with Gasteiger partial charge in [-0.25, -0.2) is 0 Å². The number of benzene rings is 2.